The summed E-state index contributed by atoms with van der Waals surface area (Å²) >= 11 is 0. The molecule has 6 nitrogen and oxygen atoms in total. The molecule has 1 saturated carbocycles. The van der Waals surface area contributed by atoms with Gasteiger partial charge >= 0.3 is 6.03 Å². The second-order valence-electron chi connectivity index (χ2n) is 7.41. The zero-order valence-corrected chi connectivity index (χ0v) is 16.4. The average molecular weight is 380 g/mol. The lowest BCUT2D eigenvalue weighted by atomic mass is 9.96. The number of rotatable bonds is 5. The summed E-state index contributed by atoms with van der Waals surface area (Å²) in [5, 5.41) is 3.14. The quantitative estimate of drug-likeness (QED) is 0.825. The summed E-state index contributed by atoms with van der Waals surface area (Å²) in [6.07, 6.45) is 7.11. The molecule has 1 atom stereocenters. The van der Waals surface area contributed by atoms with Crippen LogP contribution >= 0.6 is 0 Å². The second kappa shape index (κ2) is 7.96. The van der Waals surface area contributed by atoms with Crippen LogP contribution in [0.4, 0.5) is 10.5 Å². The van der Waals surface area contributed by atoms with E-state index in [9.17, 15) is 13.2 Å². The molecule has 0 bridgehead atoms. The molecule has 1 aliphatic carbocycles. The maximum absolute atomic E-state index is 12.6. The fraction of sp³-hybridized carbons (Fsp3) is 0.632. The Hall–Kier alpha value is -1.60. The minimum absolute atomic E-state index is 0.0658. The molecule has 0 spiro atoms. The highest BCUT2D eigenvalue weighted by Crippen LogP contribution is 2.30. The van der Waals surface area contributed by atoms with Gasteiger partial charge in [-0.25, -0.2) is 17.9 Å². The summed E-state index contributed by atoms with van der Waals surface area (Å²) < 4.78 is 27.6. The Labute approximate surface area is 156 Å². The van der Waals surface area contributed by atoms with E-state index in [0.29, 0.717) is 13.0 Å². The second-order valence-corrected chi connectivity index (χ2v) is 9.12. The Kier molecular flexibility index (Phi) is 5.87. The number of amides is 2. The standard InChI is InChI=1S/C19H29N3O3S/c1-3-14(2)21-26(24,25)17-9-10-18-15(13-17)11-12-22(18)19(23)20-16-7-5-4-6-8-16/h9-10,13-14,16,21H,3-8,11-12H2,1-2H3,(H,20,23)/t14-/m1/s1. The largest absolute Gasteiger partial charge is 0.335 e. The van der Waals surface area contributed by atoms with Crippen LogP contribution in [0.1, 0.15) is 57.9 Å². The van der Waals surface area contributed by atoms with Crippen molar-refractivity contribution in [2.24, 2.45) is 0 Å². The van der Waals surface area contributed by atoms with Crippen molar-refractivity contribution in [3.63, 3.8) is 0 Å². The van der Waals surface area contributed by atoms with Gasteiger partial charge in [0.15, 0.2) is 0 Å². The van der Waals surface area contributed by atoms with Gasteiger partial charge in [-0.2, -0.15) is 0 Å². The van der Waals surface area contributed by atoms with Crippen molar-refractivity contribution in [2.75, 3.05) is 11.4 Å². The smallest absolute Gasteiger partial charge is 0.322 e. The van der Waals surface area contributed by atoms with Gasteiger partial charge in [0.25, 0.3) is 0 Å². The van der Waals surface area contributed by atoms with Crippen molar-refractivity contribution < 1.29 is 13.2 Å². The monoisotopic (exact) mass is 379 g/mol. The van der Waals surface area contributed by atoms with Gasteiger partial charge in [0.2, 0.25) is 10.0 Å². The summed E-state index contributed by atoms with van der Waals surface area (Å²) in [6.45, 7) is 4.39. The first kappa shape index (κ1) is 19.2. The lowest BCUT2D eigenvalue weighted by Gasteiger charge is -2.26. The number of urea groups is 1. The fourth-order valence-corrected chi connectivity index (χ4v) is 5.05. The van der Waals surface area contributed by atoms with Gasteiger partial charge in [0, 0.05) is 24.3 Å². The van der Waals surface area contributed by atoms with Gasteiger partial charge in [0.05, 0.1) is 4.90 Å². The summed E-state index contributed by atoms with van der Waals surface area (Å²) in [5.41, 5.74) is 1.73. The number of hydrogen-bond acceptors (Lipinski definition) is 3. The Morgan fingerprint density at radius 1 is 1.27 bits per heavy atom. The topological polar surface area (TPSA) is 78.5 Å². The fourth-order valence-electron chi connectivity index (χ4n) is 3.67. The maximum atomic E-state index is 12.6. The molecule has 0 saturated heterocycles. The summed E-state index contributed by atoms with van der Waals surface area (Å²) in [5.74, 6) is 0. The number of anilines is 1. The molecule has 144 valence electrons. The maximum Gasteiger partial charge on any atom is 0.322 e. The number of carbonyl (C=O) groups excluding carboxylic acids is 1. The van der Waals surface area contributed by atoms with E-state index in [2.05, 4.69) is 10.0 Å². The van der Waals surface area contributed by atoms with Crippen molar-refractivity contribution in [1.29, 1.82) is 0 Å². The summed E-state index contributed by atoms with van der Waals surface area (Å²) in [4.78, 5) is 14.6. The van der Waals surface area contributed by atoms with E-state index in [1.54, 1.807) is 23.1 Å². The number of benzene rings is 1. The molecule has 2 N–H and O–H groups in total. The first-order valence-corrected chi connectivity index (χ1v) is 11.1. The van der Waals surface area contributed by atoms with Crippen LogP contribution in [0.15, 0.2) is 23.1 Å². The molecular weight excluding hydrogens is 350 g/mol. The zero-order chi connectivity index (χ0) is 18.7. The van der Waals surface area contributed by atoms with Crippen molar-refractivity contribution in [1.82, 2.24) is 10.0 Å². The van der Waals surface area contributed by atoms with Crippen molar-refractivity contribution >= 4 is 21.7 Å². The van der Waals surface area contributed by atoms with Gasteiger partial charge in [-0.05, 0) is 56.4 Å². The molecule has 0 aromatic heterocycles. The summed E-state index contributed by atoms with van der Waals surface area (Å²) in [7, 11) is -3.52. The van der Waals surface area contributed by atoms with Crippen molar-refractivity contribution in [2.45, 2.75) is 75.8 Å². The predicted molar refractivity (Wildman–Crippen MR) is 103 cm³/mol. The Balaban J connectivity index is 1.72. The Bertz CT molecular complexity index is 757. The van der Waals surface area contributed by atoms with E-state index in [0.717, 1.165) is 30.5 Å². The van der Waals surface area contributed by atoms with Crippen molar-refractivity contribution in [3.8, 4) is 0 Å². The number of nitrogens with one attached hydrogen (secondary N) is 2. The molecule has 7 heteroatoms. The number of hydrogen-bond donors (Lipinski definition) is 2. The van der Waals surface area contributed by atoms with E-state index in [1.807, 2.05) is 13.8 Å². The van der Waals surface area contributed by atoms with Crippen LogP contribution in [-0.2, 0) is 16.4 Å². The molecule has 1 fully saturated rings. The number of nitrogens with zero attached hydrogens (tertiary/aromatic N) is 1. The van der Waals surface area contributed by atoms with E-state index >= 15 is 0 Å². The molecule has 26 heavy (non-hydrogen) atoms. The zero-order valence-electron chi connectivity index (χ0n) is 15.6. The Morgan fingerprint density at radius 3 is 2.69 bits per heavy atom. The normalized spacial score (nSPS) is 19.2. The minimum Gasteiger partial charge on any atom is -0.335 e. The third-order valence-corrected chi connectivity index (χ3v) is 6.99. The van der Waals surface area contributed by atoms with Gasteiger partial charge in [-0.15, -0.1) is 0 Å². The molecule has 3 rings (SSSR count). The van der Waals surface area contributed by atoms with Gasteiger partial charge < -0.3 is 5.32 Å². The van der Waals surface area contributed by atoms with Crippen LogP contribution in [0, 0.1) is 0 Å². The molecule has 0 unspecified atom stereocenters. The predicted octanol–water partition coefficient (Wildman–Crippen LogP) is 3.17. The molecule has 2 aliphatic rings. The Morgan fingerprint density at radius 2 is 2.00 bits per heavy atom. The van der Waals surface area contributed by atoms with E-state index in [4.69, 9.17) is 0 Å². The van der Waals surface area contributed by atoms with Gasteiger partial charge in [0.1, 0.15) is 0 Å². The molecule has 2 amide bonds. The first-order chi connectivity index (χ1) is 12.4. The molecule has 1 aliphatic heterocycles. The highest BCUT2D eigenvalue weighted by molar-refractivity contribution is 7.89. The van der Waals surface area contributed by atoms with Crippen LogP contribution in [0.5, 0.6) is 0 Å². The van der Waals surface area contributed by atoms with Crippen LogP contribution < -0.4 is 14.9 Å². The summed E-state index contributed by atoms with van der Waals surface area (Å²) in [6, 6.07) is 5.15. The lowest BCUT2D eigenvalue weighted by molar-refractivity contribution is 0.238. The third kappa shape index (κ3) is 4.20. The number of carbonyl (C=O) groups is 1. The highest BCUT2D eigenvalue weighted by Gasteiger charge is 2.28. The molecule has 1 heterocycles. The van der Waals surface area contributed by atoms with E-state index < -0.39 is 10.0 Å². The highest BCUT2D eigenvalue weighted by atomic mass is 32.2. The van der Waals surface area contributed by atoms with Crippen LogP contribution in [0.25, 0.3) is 0 Å². The average Bonchev–Trinajstić information content (AvgIpc) is 3.05. The minimum atomic E-state index is -3.52. The third-order valence-electron chi connectivity index (χ3n) is 5.40. The number of fused-ring (bicyclic) bond motifs is 1. The number of sulfonamides is 1. The molecule has 1 aromatic rings. The lowest BCUT2D eigenvalue weighted by Crippen LogP contribution is -2.45. The van der Waals surface area contributed by atoms with Gasteiger partial charge in [-0.1, -0.05) is 26.2 Å². The van der Waals surface area contributed by atoms with E-state index in [-0.39, 0.29) is 23.0 Å². The van der Waals surface area contributed by atoms with Crippen molar-refractivity contribution in [3.05, 3.63) is 23.8 Å². The van der Waals surface area contributed by atoms with E-state index in [1.165, 1.54) is 19.3 Å². The van der Waals surface area contributed by atoms with Gasteiger partial charge in [-0.3, -0.25) is 4.90 Å². The first-order valence-electron chi connectivity index (χ1n) is 9.64. The molecule has 0 radical (unpaired) electrons. The molecular formula is C19H29N3O3S. The van der Waals surface area contributed by atoms with Crippen LogP contribution in [0.3, 0.4) is 0 Å². The van der Waals surface area contributed by atoms with Crippen LogP contribution in [-0.4, -0.2) is 33.1 Å². The molecule has 1 aromatic carbocycles. The van der Waals surface area contributed by atoms with Crippen LogP contribution in [0.2, 0.25) is 0 Å². The SMILES string of the molecule is CC[C@@H](C)NS(=O)(=O)c1ccc2c(c1)CCN2C(=O)NC1CCCCC1.